The van der Waals surface area contributed by atoms with Gasteiger partial charge in [0.1, 0.15) is 5.82 Å². The monoisotopic (exact) mass is 341 g/mol. The van der Waals surface area contributed by atoms with Gasteiger partial charge in [0.05, 0.1) is 6.10 Å². The Morgan fingerprint density at radius 3 is 2.44 bits per heavy atom. The average Bonchev–Trinajstić information content (AvgIpc) is 2.96. The molecule has 2 N–H and O–H groups in total. The van der Waals surface area contributed by atoms with Gasteiger partial charge in [-0.2, -0.15) is 0 Å². The second kappa shape index (κ2) is 6.86. The molecule has 1 atom stereocenters. The number of aromatic nitrogens is 1. The number of aliphatic hydroxyl groups is 1. The topological polar surface area (TPSA) is 79.5 Å². The van der Waals surface area contributed by atoms with E-state index in [0.717, 1.165) is 16.5 Å². The van der Waals surface area contributed by atoms with E-state index < -0.39 is 24.3 Å². The molecular formula is C19H16FNO4. The summed E-state index contributed by atoms with van der Waals surface area (Å²) in [5.74, 6) is -2.92. The van der Waals surface area contributed by atoms with Crippen molar-refractivity contribution in [2.24, 2.45) is 0 Å². The molecular weight excluding hydrogens is 325 g/mol. The zero-order valence-electron chi connectivity index (χ0n) is 13.2. The molecule has 0 saturated carbocycles. The Balaban J connectivity index is 1.96. The van der Waals surface area contributed by atoms with E-state index >= 15 is 0 Å². The highest BCUT2D eigenvalue weighted by Crippen LogP contribution is 2.29. The molecule has 0 amide bonds. The van der Waals surface area contributed by atoms with Crippen LogP contribution in [0.1, 0.15) is 23.7 Å². The van der Waals surface area contributed by atoms with Crippen molar-refractivity contribution in [3.05, 3.63) is 71.7 Å². The lowest BCUT2D eigenvalue weighted by Crippen LogP contribution is -2.16. The Hall–Kier alpha value is -2.99. The smallest absolute Gasteiger partial charge is 0.372 e. The lowest BCUT2D eigenvalue weighted by Gasteiger charge is -2.07. The number of aliphatic carboxylic acids is 1. The second-order valence-corrected chi connectivity index (χ2v) is 5.80. The number of carbonyl (C=O) groups is 2. The molecule has 2 aromatic carbocycles. The first-order valence-electron chi connectivity index (χ1n) is 7.72. The van der Waals surface area contributed by atoms with E-state index in [9.17, 15) is 19.1 Å². The van der Waals surface area contributed by atoms with Crippen LogP contribution in [-0.2, 0) is 16.1 Å². The quantitative estimate of drug-likeness (QED) is 0.676. The van der Waals surface area contributed by atoms with Crippen molar-refractivity contribution in [3.8, 4) is 0 Å². The van der Waals surface area contributed by atoms with Gasteiger partial charge in [0, 0.05) is 35.6 Å². The molecule has 3 aromatic rings. The first-order chi connectivity index (χ1) is 12.0. The molecule has 0 aliphatic heterocycles. The van der Waals surface area contributed by atoms with E-state index in [2.05, 4.69) is 0 Å². The Morgan fingerprint density at radius 1 is 1.08 bits per heavy atom. The number of carboxylic acid groups (broad SMARTS) is 1. The number of aliphatic hydroxyl groups excluding tert-OH is 1. The lowest BCUT2D eigenvalue weighted by atomic mass is 10.0. The number of hydrogen-bond donors (Lipinski definition) is 2. The maximum Gasteiger partial charge on any atom is 0.372 e. The molecule has 6 heteroatoms. The molecule has 0 aliphatic rings. The number of halogens is 1. The maximum absolute atomic E-state index is 13.1. The number of para-hydroxylation sites is 1. The summed E-state index contributed by atoms with van der Waals surface area (Å²) in [6.07, 6.45) is 0.0104. The summed E-state index contributed by atoms with van der Waals surface area (Å²) in [6, 6.07) is 13.4. The largest absolute Gasteiger partial charge is 0.475 e. The van der Waals surface area contributed by atoms with Crippen LogP contribution in [0.15, 0.2) is 54.7 Å². The predicted octanol–water partition coefficient (Wildman–Crippen LogP) is 2.91. The van der Waals surface area contributed by atoms with Gasteiger partial charge in [-0.3, -0.25) is 4.79 Å². The van der Waals surface area contributed by atoms with Crippen LogP contribution in [0.3, 0.4) is 0 Å². The molecule has 0 spiro atoms. The molecule has 0 saturated heterocycles. The van der Waals surface area contributed by atoms with Gasteiger partial charge in [0.2, 0.25) is 5.78 Å². The molecule has 1 unspecified atom stereocenters. The minimum atomic E-state index is -1.56. The molecule has 1 heterocycles. The number of fused-ring (bicyclic) bond motifs is 1. The third kappa shape index (κ3) is 3.59. The van der Waals surface area contributed by atoms with Crippen LogP contribution in [0, 0.1) is 5.82 Å². The molecule has 25 heavy (non-hydrogen) atoms. The summed E-state index contributed by atoms with van der Waals surface area (Å²) in [4.78, 5) is 22.1. The summed E-state index contributed by atoms with van der Waals surface area (Å²) in [5, 5.41) is 19.8. The van der Waals surface area contributed by atoms with E-state index in [0.29, 0.717) is 12.1 Å². The van der Waals surface area contributed by atoms with Crippen LogP contribution in [-0.4, -0.2) is 26.5 Å². The van der Waals surface area contributed by atoms with Crippen LogP contribution >= 0.6 is 0 Å². The van der Waals surface area contributed by atoms with Gasteiger partial charge in [0.15, 0.2) is 0 Å². The fourth-order valence-electron chi connectivity index (χ4n) is 2.83. The van der Waals surface area contributed by atoms with Crippen LogP contribution < -0.4 is 0 Å². The highest BCUT2D eigenvalue weighted by Gasteiger charge is 2.22. The van der Waals surface area contributed by atoms with E-state index in [1.165, 1.54) is 12.1 Å². The molecule has 0 fully saturated rings. The van der Waals surface area contributed by atoms with Crippen molar-refractivity contribution in [2.75, 3.05) is 0 Å². The molecule has 0 aliphatic carbocycles. The molecule has 0 bridgehead atoms. The number of nitrogens with zero attached hydrogens (tertiary/aromatic N) is 1. The summed E-state index contributed by atoms with van der Waals surface area (Å²) >= 11 is 0. The van der Waals surface area contributed by atoms with E-state index in [4.69, 9.17) is 5.11 Å². The van der Waals surface area contributed by atoms with Crippen LogP contribution in [0.25, 0.3) is 10.9 Å². The number of carboxylic acids is 1. The van der Waals surface area contributed by atoms with E-state index in [1.807, 2.05) is 16.7 Å². The SMILES string of the molecule is O=C(O)C(=O)CC(O)c1cn(Cc2ccc(F)cc2)c2ccccc12. The standard InChI is InChI=1S/C19H16FNO4/c20-13-7-5-12(6-8-13)10-21-11-15(14-3-1-2-4-16(14)21)17(22)9-18(23)19(24)25/h1-8,11,17,22H,9-10H2,(H,24,25). The highest BCUT2D eigenvalue weighted by molar-refractivity contribution is 6.32. The molecule has 0 radical (unpaired) electrons. The van der Waals surface area contributed by atoms with Crippen LogP contribution in [0.4, 0.5) is 4.39 Å². The van der Waals surface area contributed by atoms with Crippen molar-refractivity contribution in [3.63, 3.8) is 0 Å². The van der Waals surface area contributed by atoms with Crippen molar-refractivity contribution >= 4 is 22.7 Å². The van der Waals surface area contributed by atoms with Gasteiger partial charge in [-0.1, -0.05) is 30.3 Å². The summed E-state index contributed by atoms with van der Waals surface area (Å²) in [6.45, 7) is 0.459. The normalized spacial score (nSPS) is 12.2. The van der Waals surface area contributed by atoms with Gasteiger partial charge >= 0.3 is 5.97 Å². The third-order valence-corrected chi connectivity index (χ3v) is 4.06. The fraction of sp³-hybridized carbons (Fsp3) is 0.158. The van der Waals surface area contributed by atoms with E-state index in [-0.39, 0.29) is 5.82 Å². The van der Waals surface area contributed by atoms with Crippen molar-refractivity contribution < 1.29 is 24.2 Å². The number of hydrogen-bond acceptors (Lipinski definition) is 3. The maximum atomic E-state index is 13.1. The Kier molecular flexibility index (Phi) is 4.63. The molecule has 5 nitrogen and oxygen atoms in total. The first-order valence-corrected chi connectivity index (χ1v) is 7.72. The van der Waals surface area contributed by atoms with Crippen LogP contribution in [0.5, 0.6) is 0 Å². The number of Topliss-reactive ketones (excluding diaryl/α,β-unsaturated/α-hetero) is 1. The summed E-state index contributed by atoms with van der Waals surface area (Å²) in [7, 11) is 0. The summed E-state index contributed by atoms with van der Waals surface area (Å²) in [5.41, 5.74) is 2.21. The minimum absolute atomic E-state index is 0.315. The van der Waals surface area contributed by atoms with Crippen LogP contribution in [0.2, 0.25) is 0 Å². The van der Waals surface area contributed by atoms with Gasteiger partial charge in [0.25, 0.3) is 0 Å². The van der Waals surface area contributed by atoms with Crippen molar-refractivity contribution in [1.82, 2.24) is 4.57 Å². The molecule has 3 rings (SSSR count). The number of benzene rings is 2. The average molecular weight is 341 g/mol. The van der Waals surface area contributed by atoms with Gasteiger partial charge in [-0.15, -0.1) is 0 Å². The number of ketones is 1. The number of carbonyl (C=O) groups excluding carboxylic acids is 1. The molecule has 1 aromatic heterocycles. The van der Waals surface area contributed by atoms with Gasteiger partial charge in [-0.25, -0.2) is 9.18 Å². The number of rotatable bonds is 6. The van der Waals surface area contributed by atoms with Gasteiger partial charge < -0.3 is 14.8 Å². The Labute approximate surface area is 142 Å². The second-order valence-electron chi connectivity index (χ2n) is 5.80. The minimum Gasteiger partial charge on any atom is -0.475 e. The van der Waals surface area contributed by atoms with Crippen molar-refractivity contribution in [2.45, 2.75) is 19.1 Å². The Morgan fingerprint density at radius 2 is 1.76 bits per heavy atom. The zero-order valence-corrected chi connectivity index (χ0v) is 13.2. The lowest BCUT2D eigenvalue weighted by molar-refractivity contribution is -0.150. The van der Waals surface area contributed by atoms with Crippen molar-refractivity contribution in [1.29, 1.82) is 0 Å². The fourth-order valence-corrected chi connectivity index (χ4v) is 2.83. The zero-order chi connectivity index (χ0) is 18.0. The third-order valence-electron chi connectivity index (χ3n) is 4.06. The highest BCUT2D eigenvalue weighted by atomic mass is 19.1. The van der Waals surface area contributed by atoms with E-state index in [1.54, 1.807) is 30.5 Å². The predicted molar refractivity (Wildman–Crippen MR) is 89.7 cm³/mol. The first kappa shape index (κ1) is 16.9. The summed E-state index contributed by atoms with van der Waals surface area (Å²) < 4.78 is 14.9. The Bertz CT molecular complexity index is 930. The van der Waals surface area contributed by atoms with Gasteiger partial charge in [-0.05, 0) is 23.8 Å². The molecule has 128 valence electrons.